The summed E-state index contributed by atoms with van der Waals surface area (Å²) >= 11 is 3.35. The van der Waals surface area contributed by atoms with Crippen molar-refractivity contribution in [3.63, 3.8) is 0 Å². The number of hydrogen-bond acceptors (Lipinski definition) is 4. The molecule has 1 unspecified atom stereocenters. The van der Waals surface area contributed by atoms with Crippen LogP contribution >= 0.6 is 15.9 Å². The highest BCUT2D eigenvalue weighted by Gasteiger charge is 2.10. The summed E-state index contributed by atoms with van der Waals surface area (Å²) in [4.78, 5) is 14.1. The highest BCUT2D eigenvalue weighted by atomic mass is 79.9. The van der Waals surface area contributed by atoms with E-state index in [1.165, 1.54) is 4.68 Å². The smallest absolute Gasteiger partial charge is 0.283 e. The fourth-order valence-electron chi connectivity index (χ4n) is 1.39. The van der Waals surface area contributed by atoms with Crippen LogP contribution in [0.1, 0.15) is 20.3 Å². The summed E-state index contributed by atoms with van der Waals surface area (Å²) in [5, 5.41) is 7.44. The van der Waals surface area contributed by atoms with Gasteiger partial charge in [0, 0.05) is 12.6 Å². The van der Waals surface area contributed by atoms with Gasteiger partial charge < -0.3 is 10.2 Å². The molecular weight excluding hydrogens is 296 g/mol. The molecule has 0 aliphatic heterocycles. The Morgan fingerprint density at radius 3 is 2.78 bits per heavy atom. The highest BCUT2D eigenvalue weighted by Crippen LogP contribution is 2.17. The molecule has 0 saturated carbocycles. The molecule has 1 aromatic rings. The molecule has 0 fully saturated rings. The Hall–Kier alpha value is -0.880. The van der Waals surface area contributed by atoms with E-state index >= 15 is 0 Å². The van der Waals surface area contributed by atoms with Crippen LogP contribution in [0.3, 0.4) is 0 Å². The Labute approximate surface area is 116 Å². The summed E-state index contributed by atoms with van der Waals surface area (Å²) in [7, 11) is 3.94. The lowest BCUT2D eigenvalue weighted by Gasteiger charge is -2.15. The molecule has 0 bridgehead atoms. The number of halogens is 1. The largest absolute Gasteiger partial charge is 0.380 e. The number of nitrogens with zero attached hydrogens (tertiary/aromatic N) is 3. The molecule has 0 aliphatic carbocycles. The molecule has 0 amide bonds. The number of aromatic nitrogens is 2. The fourth-order valence-corrected chi connectivity index (χ4v) is 1.81. The van der Waals surface area contributed by atoms with E-state index in [2.05, 4.69) is 40.2 Å². The van der Waals surface area contributed by atoms with Gasteiger partial charge in [-0.05, 0) is 43.4 Å². The molecule has 0 radical (unpaired) electrons. The zero-order chi connectivity index (χ0) is 13.7. The van der Waals surface area contributed by atoms with Crippen molar-refractivity contribution < 1.29 is 0 Å². The van der Waals surface area contributed by atoms with Crippen molar-refractivity contribution in [3.8, 4) is 0 Å². The van der Waals surface area contributed by atoms with E-state index in [0.717, 1.165) is 18.7 Å². The molecular formula is C12H21BrN4O. The number of anilines is 1. The van der Waals surface area contributed by atoms with Gasteiger partial charge in [0.05, 0.1) is 18.4 Å². The van der Waals surface area contributed by atoms with Crippen molar-refractivity contribution in [2.24, 2.45) is 0 Å². The first kappa shape index (κ1) is 15.2. The van der Waals surface area contributed by atoms with Crippen molar-refractivity contribution in [2.45, 2.75) is 32.9 Å². The first-order chi connectivity index (χ1) is 8.45. The Morgan fingerprint density at radius 1 is 1.56 bits per heavy atom. The maximum Gasteiger partial charge on any atom is 0.283 e. The van der Waals surface area contributed by atoms with Gasteiger partial charge in [-0.1, -0.05) is 6.92 Å². The van der Waals surface area contributed by atoms with Crippen LogP contribution < -0.4 is 10.9 Å². The third kappa shape index (κ3) is 4.10. The van der Waals surface area contributed by atoms with E-state index in [1.54, 1.807) is 6.20 Å². The van der Waals surface area contributed by atoms with E-state index in [4.69, 9.17) is 0 Å². The van der Waals surface area contributed by atoms with Crippen molar-refractivity contribution in [1.29, 1.82) is 0 Å². The quantitative estimate of drug-likeness (QED) is 0.869. The number of nitrogens with one attached hydrogen (secondary N) is 1. The summed E-state index contributed by atoms with van der Waals surface area (Å²) < 4.78 is 2.03. The molecule has 1 atom stereocenters. The monoisotopic (exact) mass is 316 g/mol. The first-order valence-electron chi connectivity index (χ1n) is 6.12. The third-order valence-electron chi connectivity index (χ3n) is 2.76. The van der Waals surface area contributed by atoms with E-state index in [9.17, 15) is 4.79 Å². The molecule has 1 aromatic heterocycles. The SMILES string of the molecule is CCC(C)Nc1cnn(CCN(C)C)c(=O)c1Br. The van der Waals surface area contributed by atoms with Gasteiger partial charge in [0.1, 0.15) is 4.47 Å². The van der Waals surface area contributed by atoms with Gasteiger partial charge >= 0.3 is 0 Å². The Morgan fingerprint density at radius 2 is 2.22 bits per heavy atom. The summed E-state index contributed by atoms with van der Waals surface area (Å²) in [6.07, 6.45) is 2.70. The molecule has 1 N–H and O–H groups in total. The molecule has 18 heavy (non-hydrogen) atoms. The minimum absolute atomic E-state index is 0.0925. The minimum atomic E-state index is -0.0925. The lowest BCUT2D eigenvalue weighted by Crippen LogP contribution is -2.30. The van der Waals surface area contributed by atoms with Crippen molar-refractivity contribution in [2.75, 3.05) is 26.0 Å². The molecule has 1 rings (SSSR count). The normalized spacial score (nSPS) is 12.8. The zero-order valence-corrected chi connectivity index (χ0v) is 13.0. The maximum absolute atomic E-state index is 12.1. The molecule has 0 aromatic carbocycles. The van der Waals surface area contributed by atoms with Crippen LogP contribution in [0.4, 0.5) is 5.69 Å². The van der Waals surface area contributed by atoms with Crippen LogP contribution in [0.15, 0.2) is 15.5 Å². The number of rotatable bonds is 6. The van der Waals surface area contributed by atoms with Gasteiger partial charge in [-0.3, -0.25) is 4.79 Å². The average Bonchev–Trinajstić information content (AvgIpc) is 2.33. The average molecular weight is 317 g/mol. The van der Waals surface area contributed by atoms with Crippen molar-refractivity contribution in [1.82, 2.24) is 14.7 Å². The molecule has 0 saturated heterocycles. The van der Waals surface area contributed by atoms with Crippen LogP contribution in [0.25, 0.3) is 0 Å². The Balaban J connectivity index is 2.88. The van der Waals surface area contributed by atoms with Crippen LogP contribution in [0.5, 0.6) is 0 Å². The van der Waals surface area contributed by atoms with E-state index in [1.807, 2.05) is 19.0 Å². The second-order valence-electron chi connectivity index (χ2n) is 4.66. The van der Waals surface area contributed by atoms with E-state index in [-0.39, 0.29) is 5.56 Å². The minimum Gasteiger partial charge on any atom is -0.380 e. The molecule has 102 valence electrons. The van der Waals surface area contributed by atoms with E-state index in [0.29, 0.717) is 17.1 Å². The number of likely N-dealkylation sites (N-methyl/N-ethyl adjacent to an activating group) is 1. The van der Waals surface area contributed by atoms with Crippen LogP contribution in [0.2, 0.25) is 0 Å². The Kier molecular flexibility index (Phi) is 5.81. The molecule has 0 spiro atoms. The maximum atomic E-state index is 12.1. The molecule has 1 heterocycles. The van der Waals surface area contributed by atoms with Crippen LogP contribution in [-0.2, 0) is 6.54 Å². The van der Waals surface area contributed by atoms with Gasteiger partial charge in [0.15, 0.2) is 0 Å². The summed E-state index contributed by atoms with van der Waals surface area (Å²) in [5.41, 5.74) is 0.667. The Bertz CT molecular complexity index is 444. The predicted octanol–water partition coefficient (Wildman–Crippen LogP) is 1.78. The number of hydrogen-bond donors (Lipinski definition) is 1. The second-order valence-corrected chi connectivity index (χ2v) is 5.45. The van der Waals surface area contributed by atoms with Crippen LogP contribution in [-0.4, -0.2) is 41.4 Å². The highest BCUT2D eigenvalue weighted by molar-refractivity contribution is 9.10. The van der Waals surface area contributed by atoms with Gasteiger partial charge in [0.25, 0.3) is 5.56 Å². The third-order valence-corrected chi connectivity index (χ3v) is 3.52. The van der Waals surface area contributed by atoms with E-state index < -0.39 is 0 Å². The summed E-state index contributed by atoms with van der Waals surface area (Å²) in [6, 6.07) is 0.320. The first-order valence-corrected chi connectivity index (χ1v) is 6.91. The van der Waals surface area contributed by atoms with Crippen molar-refractivity contribution >= 4 is 21.6 Å². The zero-order valence-electron chi connectivity index (χ0n) is 11.4. The lowest BCUT2D eigenvalue weighted by atomic mass is 10.2. The standard InChI is InChI=1S/C12H21BrN4O/c1-5-9(2)15-10-8-14-17(7-6-16(3)4)12(18)11(10)13/h8-9,15H,5-7H2,1-4H3. The van der Waals surface area contributed by atoms with Crippen LogP contribution in [0, 0.1) is 0 Å². The molecule has 5 nitrogen and oxygen atoms in total. The van der Waals surface area contributed by atoms with Gasteiger partial charge in [-0.2, -0.15) is 5.10 Å². The predicted molar refractivity (Wildman–Crippen MR) is 78.1 cm³/mol. The second kappa shape index (κ2) is 6.89. The topological polar surface area (TPSA) is 50.2 Å². The van der Waals surface area contributed by atoms with Gasteiger partial charge in [0.2, 0.25) is 0 Å². The molecule has 0 aliphatic rings. The lowest BCUT2D eigenvalue weighted by molar-refractivity contribution is 0.367. The van der Waals surface area contributed by atoms with Gasteiger partial charge in [-0.25, -0.2) is 4.68 Å². The molecule has 6 heteroatoms. The fraction of sp³-hybridized carbons (Fsp3) is 0.667. The summed E-state index contributed by atoms with van der Waals surface area (Å²) in [5.74, 6) is 0. The summed E-state index contributed by atoms with van der Waals surface area (Å²) in [6.45, 7) is 5.55. The van der Waals surface area contributed by atoms with Crippen molar-refractivity contribution in [3.05, 3.63) is 21.0 Å². The van der Waals surface area contributed by atoms with Gasteiger partial charge in [-0.15, -0.1) is 0 Å².